The van der Waals surface area contributed by atoms with Gasteiger partial charge in [0, 0.05) is 36.6 Å². The largest absolute Gasteiger partial charge is 0.487 e. The zero-order valence-corrected chi connectivity index (χ0v) is 19.4. The van der Waals surface area contributed by atoms with Crippen molar-refractivity contribution in [3.8, 4) is 5.75 Å². The summed E-state index contributed by atoms with van der Waals surface area (Å²) in [5.41, 5.74) is 4.56. The smallest absolute Gasteiger partial charge is 0.255 e. The number of anilines is 2. The highest BCUT2D eigenvalue weighted by Gasteiger charge is 2.23. The van der Waals surface area contributed by atoms with E-state index in [1.807, 2.05) is 35.9 Å². The number of hydrogen-bond acceptors (Lipinski definition) is 4. The van der Waals surface area contributed by atoms with Gasteiger partial charge in [-0.05, 0) is 67.4 Å². The Hall–Kier alpha value is -3.84. The first-order chi connectivity index (χ1) is 16.5. The van der Waals surface area contributed by atoms with Gasteiger partial charge in [-0.3, -0.25) is 9.59 Å². The Bertz CT molecular complexity index is 1380. The summed E-state index contributed by atoms with van der Waals surface area (Å²) in [6.45, 7) is 3.01. The standard InChI is InChI=1S/C26H23ClN4O3/c1-17-4-2-12-30-15-20(28-25(17)30)16-34-21-9-6-18(7-10-21)26(33)29-19-8-11-23(22(27)14-19)31-13-3-5-24(31)32/h2,4,6-12,14-15H,3,5,13,16H2,1H3,(H,29,33). The summed E-state index contributed by atoms with van der Waals surface area (Å²) < 4.78 is 7.82. The number of carbonyl (C=O) groups is 2. The summed E-state index contributed by atoms with van der Waals surface area (Å²) >= 11 is 6.38. The van der Waals surface area contributed by atoms with E-state index in [9.17, 15) is 9.59 Å². The Morgan fingerprint density at radius 2 is 2.00 bits per heavy atom. The third-order valence-electron chi connectivity index (χ3n) is 5.80. The molecule has 7 nitrogen and oxygen atoms in total. The molecule has 2 amide bonds. The number of rotatable bonds is 6. The number of pyridine rings is 1. The number of fused-ring (bicyclic) bond motifs is 1. The molecule has 5 rings (SSSR count). The lowest BCUT2D eigenvalue weighted by Crippen LogP contribution is -2.24. The van der Waals surface area contributed by atoms with Crippen LogP contribution in [0.5, 0.6) is 5.75 Å². The van der Waals surface area contributed by atoms with Crippen LogP contribution in [0.1, 0.15) is 34.5 Å². The molecule has 0 bridgehead atoms. The quantitative estimate of drug-likeness (QED) is 0.414. The van der Waals surface area contributed by atoms with Crippen LogP contribution in [0.25, 0.3) is 5.65 Å². The van der Waals surface area contributed by atoms with E-state index in [0.29, 0.717) is 47.3 Å². The number of aromatic nitrogens is 2. The minimum absolute atomic E-state index is 0.0669. The molecule has 8 heteroatoms. The van der Waals surface area contributed by atoms with E-state index in [1.54, 1.807) is 47.4 Å². The van der Waals surface area contributed by atoms with Crippen molar-refractivity contribution < 1.29 is 14.3 Å². The summed E-state index contributed by atoms with van der Waals surface area (Å²) in [6, 6.07) is 16.1. The number of benzene rings is 2. The van der Waals surface area contributed by atoms with Gasteiger partial charge in [0.15, 0.2) is 0 Å². The van der Waals surface area contributed by atoms with Crippen molar-refractivity contribution in [2.45, 2.75) is 26.4 Å². The maximum atomic E-state index is 12.7. The summed E-state index contributed by atoms with van der Waals surface area (Å²) in [5.74, 6) is 0.453. The van der Waals surface area contributed by atoms with Crippen LogP contribution in [-0.4, -0.2) is 27.7 Å². The number of amides is 2. The van der Waals surface area contributed by atoms with Crippen LogP contribution in [0.3, 0.4) is 0 Å². The Morgan fingerprint density at radius 1 is 1.18 bits per heavy atom. The molecule has 1 fully saturated rings. The van der Waals surface area contributed by atoms with Crippen LogP contribution in [0, 0.1) is 6.92 Å². The highest BCUT2D eigenvalue weighted by Crippen LogP contribution is 2.32. The van der Waals surface area contributed by atoms with Crippen LogP contribution in [-0.2, 0) is 11.4 Å². The molecule has 0 atom stereocenters. The van der Waals surface area contributed by atoms with Gasteiger partial charge in [-0.2, -0.15) is 0 Å². The average Bonchev–Trinajstić information content (AvgIpc) is 3.45. The lowest BCUT2D eigenvalue weighted by atomic mass is 10.2. The minimum atomic E-state index is -0.261. The van der Waals surface area contributed by atoms with Crippen molar-refractivity contribution in [2.24, 2.45) is 0 Å². The molecule has 1 aliphatic heterocycles. The highest BCUT2D eigenvalue weighted by molar-refractivity contribution is 6.34. The molecule has 0 spiro atoms. The molecule has 3 heterocycles. The predicted molar refractivity (Wildman–Crippen MR) is 132 cm³/mol. The zero-order chi connectivity index (χ0) is 23.7. The van der Waals surface area contributed by atoms with Crippen LogP contribution in [0.15, 0.2) is 67.0 Å². The number of imidazole rings is 1. The van der Waals surface area contributed by atoms with Gasteiger partial charge in [0.2, 0.25) is 5.91 Å². The van der Waals surface area contributed by atoms with Gasteiger partial charge in [-0.15, -0.1) is 0 Å². The van der Waals surface area contributed by atoms with Gasteiger partial charge in [0.1, 0.15) is 18.0 Å². The summed E-state index contributed by atoms with van der Waals surface area (Å²) in [6.07, 6.45) is 5.26. The van der Waals surface area contributed by atoms with Crippen molar-refractivity contribution in [3.05, 3.63) is 88.8 Å². The second-order valence-corrected chi connectivity index (χ2v) is 8.64. The van der Waals surface area contributed by atoms with Gasteiger partial charge in [0.05, 0.1) is 16.4 Å². The summed E-state index contributed by atoms with van der Waals surface area (Å²) in [4.78, 5) is 30.9. The number of aryl methyl sites for hydroxylation is 1. The fourth-order valence-corrected chi connectivity index (χ4v) is 4.33. The van der Waals surface area contributed by atoms with Crippen molar-refractivity contribution in [2.75, 3.05) is 16.8 Å². The fraction of sp³-hybridized carbons (Fsp3) is 0.192. The van der Waals surface area contributed by atoms with Crippen LogP contribution < -0.4 is 15.0 Å². The van der Waals surface area contributed by atoms with Gasteiger partial charge in [-0.25, -0.2) is 4.98 Å². The molecular formula is C26H23ClN4O3. The first kappa shape index (κ1) is 22.0. The molecule has 34 heavy (non-hydrogen) atoms. The lowest BCUT2D eigenvalue weighted by Gasteiger charge is -2.18. The molecule has 1 saturated heterocycles. The number of halogens is 1. The number of nitrogens with zero attached hydrogens (tertiary/aromatic N) is 3. The van der Waals surface area contributed by atoms with E-state index in [-0.39, 0.29) is 11.8 Å². The molecule has 1 aliphatic rings. The summed E-state index contributed by atoms with van der Waals surface area (Å²) in [5, 5.41) is 3.27. The molecular weight excluding hydrogens is 452 g/mol. The Morgan fingerprint density at radius 3 is 2.71 bits per heavy atom. The number of carbonyl (C=O) groups excluding carboxylic acids is 2. The van der Waals surface area contributed by atoms with Crippen molar-refractivity contribution in [3.63, 3.8) is 0 Å². The topological polar surface area (TPSA) is 75.9 Å². The number of ether oxygens (including phenoxy) is 1. The van der Waals surface area contributed by atoms with Gasteiger partial charge in [0.25, 0.3) is 5.91 Å². The molecule has 4 aromatic rings. The second-order valence-electron chi connectivity index (χ2n) is 8.24. The van der Waals surface area contributed by atoms with E-state index in [1.165, 1.54) is 0 Å². The van der Waals surface area contributed by atoms with Crippen LogP contribution in [0.4, 0.5) is 11.4 Å². The minimum Gasteiger partial charge on any atom is -0.487 e. The Labute approximate surface area is 201 Å². The van der Waals surface area contributed by atoms with Gasteiger partial charge in [-0.1, -0.05) is 17.7 Å². The molecule has 0 aliphatic carbocycles. The van der Waals surface area contributed by atoms with Crippen molar-refractivity contribution in [1.29, 1.82) is 0 Å². The number of nitrogens with one attached hydrogen (secondary N) is 1. The third-order valence-corrected chi connectivity index (χ3v) is 6.10. The monoisotopic (exact) mass is 474 g/mol. The Balaban J connectivity index is 1.21. The summed E-state index contributed by atoms with van der Waals surface area (Å²) in [7, 11) is 0. The SMILES string of the molecule is Cc1cccn2cc(COc3ccc(C(=O)Nc4ccc(N5CCCC5=O)c(Cl)c4)cc3)nc12. The van der Waals surface area contributed by atoms with E-state index in [2.05, 4.69) is 10.3 Å². The van der Waals surface area contributed by atoms with Gasteiger partial charge < -0.3 is 19.4 Å². The first-order valence-corrected chi connectivity index (χ1v) is 11.4. The number of hydrogen-bond donors (Lipinski definition) is 1. The van der Waals surface area contributed by atoms with E-state index >= 15 is 0 Å². The van der Waals surface area contributed by atoms with Crippen LogP contribution in [0.2, 0.25) is 5.02 Å². The lowest BCUT2D eigenvalue weighted by molar-refractivity contribution is -0.117. The Kier molecular flexibility index (Phi) is 5.94. The maximum absolute atomic E-state index is 12.7. The molecule has 0 radical (unpaired) electrons. The van der Waals surface area contributed by atoms with Crippen LogP contribution >= 0.6 is 11.6 Å². The van der Waals surface area contributed by atoms with Crippen molar-refractivity contribution in [1.82, 2.24) is 9.38 Å². The van der Waals surface area contributed by atoms with Crippen molar-refractivity contribution >= 4 is 40.4 Å². The van der Waals surface area contributed by atoms with Gasteiger partial charge >= 0.3 is 0 Å². The molecule has 2 aromatic heterocycles. The zero-order valence-electron chi connectivity index (χ0n) is 18.6. The van der Waals surface area contributed by atoms with E-state index < -0.39 is 0 Å². The molecule has 0 saturated carbocycles. The molecule has 1 N–H and O–H groups in total. The third kappa shape index (κ3) is 4.47. The molecule has 0 unspecified atom stereocenters. The fourth-order valence-electron chi connectivity index (χ4n) is 4.04. The second kappa shape index (κ2) is 9.19. The predicted octanol–water partition coefficient (Wildman–Crippen LogP) is 5.25. The first-order valence-electron chi connectivity index (χ1n) is 11.1. The van der Waals surface area contributed by atoms with E-state index in [0.717, 1.165) is 23.3 Å². The maximum Gasteiger partial charge on any atom is 0.255 e. The molecule has 2 aromatic carbocycles. The average molecular weight is 475 g/mol. The normalized spacial score (nSPS) is 13.5. The van der Waals surface area contributed by atoms with E-state index in [4.69, 9.17) is 16.3 Å². The molecule has 172 valence electrons. The highest BCUT2D eigenvalue weighted by atomic mass is 35.5.